The second-order valence-electron chi connectivity index (χ2n) is 8.66. The number of amides is 1. The highest BCUT2D eigenvalue weighted by Gasteiger charge is 2.21. The van der Waals surface area contributed by atoms with Crippen LogP contribution in [0.2, 0.25) is 0 Å². The van der Waals surface area contributed by atoms with Crippen LogP contribution >= 0.6 is 11.5 Å². The number of rotatable bonds is 6. The van der Waals surface area contributed by atoms with Gasteiger partial charge in [-0.15, -0.1) is 0 Å². The largest absolute Gasteiger partial charge is 0.353 e. The number of nitrogens with one attached hydrogen (secondary N) is 1. The van der Waals surface area contributed by atoms with Gasteiger partial charge in [0.2, 0.25) is 0 Å². The first-order chi connectivity index (χ1) is 16.6. The Balaban J connectivity index is 1.18. The molecule has 0 aliphatic carbocycles. The predicted molar refractivity (Wildman–Crippen MR) is 138 cm³/mol. The Hall–Kier alpha value is -3.29. The van der Waals surface area contributed by atoms with Crippen molar-refractivity contribution in [2.24, 2.45) is 0 Å². The SMILES string of the molecule is Cc1ccc(C(=O)Nc2ccccc2CCN2CCN(c3nsc4ccccc34)CC2)cc1F. The second-order valence-corrected chi connectivity index (χ2v) is 9.46. The van der Waals surface area contributed by atoms with Crippen molar-refractivity contribution < 1.29 is 9.18 Å². The number of aryl methyl sites for hydroxylation is 1. The number of para-hydroxylation sites is 1. The fourth-order valence-electron chi connectivity index (χ4n) is 4.35. The van der Waals surface area contributed by atoms with Gasteiger partial charge in [0.25, 0.3) is 5.91 Å². The Labute approximate surface area is 203 Å². The number of anilines is 2. The maximum absolute atomic E-state index is 13.9. The van der Waals surface area contributed by atoms with Crippen molar-refractivity contribution in [1.29, 1.82) is 0 Å². The lowest BCUT2D eigenvalue weighted by Crippen LogP contribution is -2.47. The molecular formula is C27H27FN4OS. The Morgan fingerprint density at radius 3 is 2.62 bits per heavy atom. The lowest BCUT2D eigenvalue weighted by molar-refractivity contribution is 0.102. The predicted octanol–water partition coefficient (Wildman–Crippen LogP) is 5.36. The molecule has 3 aromatic carbocycles. The highest BCUT2D eigenvalue weighted by molar-refractivity contribution is 7.13. The van der Waals surface area contributed by atoms with Crippen molar-refractivity contribution >= 4 is 39.0 Å². The summed E-state index contributed by atoms with van der Waals surface area (Å²) in [6.45, 7) is 6.45. The van der Waals surface area contributed by atoms with Gasteiger partial charge in [0.15, 0.2) is 0 Å². The van der Waals surface area contributed by atoms with Crippen LogP contribution in [0.5, 0.6) is 0 Å². The molecule has 174 valence electrons. The van der Waals surface area contributed by atoms with Crippen LogP contribution in [-0.2, 0) is 6.42 Å². The summed E-state index contributed by atoms with van der Waals surface area (Å²) in [5.74, 6) is 0.432. The summed E-state index contributed by atoms with van der Waals surface area (Å²) in [5.41, 5.74) is 2.71. The van der Waals surface area contributed by atoms with Gasteiger partial charge in [0.05, 0.1) is 4.70 Å². The molecule has 1 fully saturated rings. The van der Waals surface area contributed by atoms with E-state index in [9.17, 15) is 9.18 Å². The molecule has 0 bridgehead atoms. The van der Waals surface area contributed by atoms with Gasteiger partial charge in [-0.2, -0.15) is 4.37 Å². The number of piperazine rings is 1. The molecule has 1 aliphatic rings. The number of carbonyl (C=O) groups is 1. The molecule has 4 aromatic rings. The number of fused-ring (bicyclic) bond motifs is 1. The van der Waals surface area contributed by atoms with E-state index in [0.717, 1.165) is 56.2 Å². The smallest absolute Gasteiger partial charge is 0.255 e. The van der Waals surface area contributed by atoms with E-state index < -0.39 is 0 Å². The lowest BCUT2D eigenvalue weighted by Gasteiger charge is -2.35. The lowest BCUT2D eigenvalue weighted by atomic mass is 10.1. The third-order valence-corrected chi connectivity index (χ3v) is 7.24. The number of hydrogen-bond donors (Lipinski definition) is 1. The number of nitrogens with zero attached hydrogens (tertiary/aromatic N) is 3. The first kappa shape index (κ1) is 22.5. The van der Waals surface area contributed by atoms with Crippen molar-refractivity contribution in [1.82, 2.24) is 9.27 Å². The van der Waals surface area contributed by atoms with E-state index in [1.54, 1.807) is 30.6 Å². The zero-order valence-corrected chi connectivity index (χ0v) is 19.9. The summed E-state index contributed by atoms with van der Waals surface area (Å²) in [6, 6.07) is 20.8. The minimum absolute atomic E-state index is 0.296. The van der Waals surface area contributed by atoms with E-state index in [4.69, 9.17) is 4.37 Å². The Bertz CT molecular complexity index is 1310. The van der Waals surface area contributed by atoms with Crippen LogP contribution < -0.4 is 10.2 Å². The molecule has 0 unspecified atom stereocenters. The molecule has 7 heteroatoms. The number of carbonyl (C=O) groups excluding carboxylic acids is 1. The number of hydrogen-bond acceptors (Lipinski definition) is 5. The number of benzene rings is 3. The molecule has 2 heterocycles. The normalized spacial score (nSPS) is 14.5. The van der Waals surface area contributed by atoms with Crippen LogP contribution in [0.3, 0.4) is 0 Å². The molecule has 5 rings (SSSR count). The number of aromatic nitrogens is 1. The van der Waals surface area contributed by atoms with Gasteiger partial charge >= 0.3 is 0 Å². The van der Waals surface area contributed by atoms with Crippen LogP contribution in [0.25, 0.3) is 10.1 Å². The van der Waals surface area contributed by atoms with Gasteiger partial charge in [-0.05, 0) is 66.3 Å². The Morgan fingerprint density at radius 1 is 1.03 bits per heavy atom. The minimum atomic E-state index is -0.370. The molecule has 0 atom stereocenters. The molecular weight excluding hydrogens is 447 g/mol. The van der Waals surface area contributed by atoms with E-state index >= 15 is 0 Å². The van der Waals surface area contributed by atoms with Crippen molar-refractivity contribution in [3.63, 3.8) is 0 Å². The van der Waals surface area contributed by atoms with E-state index in [1.807, 2.05) is 24.3 Å². The van der Waals surface area contributed by atoms with E-state index in [0.29, 0.717) is 11.1 Å². The van der Waals surface area contributed by atoms with Gasteiger partial charge in [0.1, 0.15) is 11.6 Å². The van der Waals surface area contributed by atoms with Crippen molar-refractivity contribution in [2.75, 3.05) is 42.9 Å². The van der Waals surface area contributed by atoms with Crippen LogP contribution in [0.15, 0.2) is 66.7 Å². The fourth-order valence-corrected chi connectivity index (χ4v) is 5.15. The van der Waals surface area contributed by atoms with Crippen LogP contribution in [-0.4, -0.2) is 47.9 Å². The van der Waals surface area contributed by atoms with E-state index in [1.165, 1.54) is 16.2 Å². The molecule has 5 nitrogen and oxygen atoms in total. The highest BCUT2D eigenvalue weighted by Crippen LogP contribution is 2.30. The molecule has 0 saturated carbocycles. The molecule has 1 aromatic heterocycles. The second kappa shape index (κ2) is 9.91. The zero-order valence-electron chi connectivity index (χ0n) is 19.1. The average molecular weight is 475 g/mol. The van der Waals surface area contributed by atoms with Crippen LogP contribution in [0.1, 0.15) is 21.5 Å². The van der Waals surface area contributed by atoms with Gasteiger partial charge in [-0.3, -0.25) is 9.69 Å². The quantitative estimate of drug-likeness (QED) is 0.409. The van der Waals surface area contributed by atoms with Gasteiger partial charge in [0, 0.05) is 49.4 Å². The van der Waals surface area contributed by atoms with Crippen LogP contribution in [0, 0.1) is 12.7 Å². The van der Waals surface area contributed by atoms with Gasteiger partial charge < -0.3 is 10.2 Å². The van der Waals surface area contributed by atoms with Gasteiger partial charge in [-0.1, -0.05) is 36.4 Å². The molecule has 1 N–H and O–H groups in total. The maximum atomic E-state index is 13.9. The molecule has 34 heavy (non-hydrogen) atoms. The summed E-state index contributed by atoms with van der Waals surface area (Å²) in [7, 11) is 0. The van der Waals surface area contributed by atoms with Crippen LogP contribution in [0.4, 0.5) is 15.9 Å². The maximum Gasteiger partial charge on any atom is 0.255 e. The van der Waals surface area contributed by atoms with Crippen molar-refractivity contribution in [3.05, 3.63) is 89.2 Å². The Kier molecular flexibility index (Phi) is 6.56. The third kappa shape index (κ3) is 4.81. The summed E-state index contributed by atoms with van der Waals surface area (Å²) in [6.07, 6.45) is 0.832. The summed E-state index contributed by atoms with van der Waals surface area (Å²) in [5, 5.41) is 4.20. The van der Waals surface area contributed by atoms with Crippen molar-refractivity contribution in [3.8, 4) is 0 Å². The van der Waals surface area contributed by atoms with Gasteiger partial charge in [-0.25, -0.2) is 4.39 Å². The summed E-state index contributed by atoms with van der Waals surface area (Å²) >= 11 is 1.56. The first-order valence-corrected chi connectivity index (χ1v) is 12.3. The van der Waals surface area contributed by atoms with Crippen molar-refractivity contribution in [2.45, 2.75) is 13.3 Å². The third-order valence-electron chi connectivity index (χ3n) is 6.43. The molecule has 1 amide bonds. The minimum Gasteiger partial charge on any atom is -0.353 e. The monoisotopic (exact) mass is 474 g/mol. The number of halogens is 1. The highest BCUT2D eigenvalue weighted by atomic mass is 32.1. The zero-order chi connectivity index (χ0) is 23.5. The summed E-state index contributed by atoms with van der Waals surface area (Å²) in [4.78, 5) is 17.5. The standard InChI is InChI=1S/C27H27FN4OS/c1-19-10-11-21(18-23(19)28)27(33)29-24-8-4-2-6-20(24)12-13-31-14-16-32(17-15-31)26-22-7-3-5-9-25(22)34-30-26/h2-11,18H,12-17H2,1H3,(H,29,33). The topological polar surface area (TPSA) is 48.5 Å². The average Bonchev–Trinajstić information content (AvgIpc) is 3.30. The van der Waals surface area contributed by atoms with E-state index in [-0.39, 0.29) is 11.7 Å². The molecule has 1 saturated heterocycles. The first-order valence-electron chi connectivity index (χ1n) is 11.6. The molecule has 0 spiro atoms. The summed E-state index contributed by atoms with van der Waals surface area (Å²) < 4.78 is 19.8. The Morgan fingerprint density at radius 2 is 1.79 bits per heavy atom. The molecule has 0 radical (unpaired) electrons. The molecule has 1 aliphatic heterocycles. The van der Waals surface area contributed by atoms with E-state index in [2.05, 4.69) is 39.4 Å². The fraction of sp³-hybridized carbons (Fsp3) is 0.259.